The van der Waals surface area contributed by atoms with E-state index < -0.39 is 0 Å². The van der Waals surface area contributed by atoms with Crippen molar-refractivity contribution < 1.29 is 18.9 Å². The molecule has 1 aromatic heterocycles. The number of hydrogen-bond acceptors (Lipinski definition) is 5. The number of aromatic nitrogens is 1. The maximum Gasteiger partial charge on any atom is 0.231 e. The summed E-state index contributed by atoms with van der Waals surface area (Å²) in [5, 5.41) is 2.12. The summed E-state index contributed by atoms with van der Waals surface area (Å²) < 4.78 is 21.9. The first-order valence-electron chi connectivity index (χ1n) is 7.67. The summed E-state index contributed by atoms with van der Waals surface area (Å²) in [7, 11) is 3.29. The van der Waals surface area contributed by atoms with E-state index in [9.17, 15) is 0 Å². The van der Waals surface area contributed by atoms with Gasteiger partial charge in [0.05, 0.1) is 19.9 Å². The molecule has 0 amide bonds. The monoisotopic (exact) mass is 359 g/mol. The average molecular weight is 360 g/mol. The van der Waals surface area contributed by atoms with Gasteiger partial charge in [0.15, 0.2) is 23.0 Å². The summed E-state index contributed by atoms with van der Waals surface area (Å²) in [6.07, 6.45) is 2.45. The molecule has 1 aliphatic rings. The topological polar surface area (TPSA) is 49.8 Å². The molecule has 4 rings (SSSR count). The van der Waals surface area contributed by atoms with Crippen LogP contribution < -0.4 is 18.9 Å². The quantitative estimate of drug-likeness (QED) is 0.705. The molecule has 0 fully saturated rings. The minimum absolute atomic E-state index is 0. The predicted octanol–water partition coefficient (Wildman–Crippen LogP) is 3.99. The van der Waals surface area contributed by atoms with E-state index in [1.165, 1.54) is 0 Å². The Balaban J connectivity index is 0.00000182. The molecule has 5 nitrogen and oxygen atoms in total. The lowest BCUT2D eigenvalue weighted by Crippen LogP contribution is -1.99. The molecule has 1 aliphatic heterocycles. The molecule has 0 N–H and O–H groups in total. The van der Waals surface area contributed by atoms with Crippen LogP contribution in [-0.4, -0.2) is 26.0 Å². The van der Waals surface area contributed by atoms with Crippen LogP contribution in [0.25, 0.3) is 10.8 Å². The molecule has 0 bridgehead atoms. The van der Waals surface area contributed by atoms with Gasteiger partial charge in [-0.15, -0.1) is 12.4 Å². The van der Waals surface area contributed by atoms with Crippen molar-refractivity contribution in [3.8, 4) is 23.0 Å². The number of pyridine rings is 1. The standard InChI is InChI=1S/C19H17NO4.ClH/c1-21-16-5-3-4-13(19(16)22-2)8-15-14-10-18-17(23-11-24-18)9-12(14)6-7-20-15;/h3-7,9-10H,8,11H2,1-2H3;1H. The summed E-state index contributed by atoms with van der Waals surface area (Å²) in [5.74, 6) is 2.99. The normalized spacial score (nSPS) is 11.9. The fourth-order valence-corrected chi connectivity index (χ4v) is 3.04. The molecular formula is C19H18ClNO4. The molecule has 3 aromatic rings. The number of nitrogens with zero attached hydrogens (tertiary/aromatic N) is 1. The minimum Gasteiger partial charge on any atom is -0.493 e. The van der Waals surface area contributed by atoms with Gasteiger partial charge in [-0.25, -0.2) is 0 Å². The second-order valence-corrected chi connectivity index (χ2v) is 5.51. The highest BCUT2D eigenvalue weighted by atomic mass is 35.5. The number of ether oxygens (including phenoxy) is 4. The van der Waals surface area contributed by atoms with Crippen LogP contribution in [0.2, 0.25) is 0 Å². The number of para-hydroxylation sites is 1. The smallest absolute Gasteiger partial charge is 0.231 e. The van der Waals surface area contributed by atoms with Gasteiger partial charge in [-0.05, 0) is 29.7 Å². The van der Waals surface area contributed by atoms with Gasteiger partial charge < -0.3 is 18.9 Å². The third-order valence-electron chi connectivity index (χ3n) is 4.18. The Morgan fingerprint density at radius 2 is 1.84 bits per heavy atom. The van der Waals surface area contributed by atoms with Gasteiger partial charge in [0.1, 0.15) is 0 Å². The van der Waals surface area contributed by atoms with Gasteiger partial charge >= 0.3 is 0 Å². The number of rotatable bonds is 4. The summed E-state index contributed by atoms with van der Waals surface area (Å²) in [6.45, 7) is 0.262. The lowest BCUT2D eigenvalue weighted by molar-refractivity contribution is 0.174. The van der Waals surface area contributed by atoms with Gasteiger partial charge in [0.2, 0.25) is 6.79 Å². The van der Waals surface area contributed by atoms with E-state index in [1.807, 2.05) is 42.6 Å². The van der Waals surface area contributed by atoms with Gasteiger partial charge in [-0.1, -0.05) is 12.1 Å². The van der Waals surface area contributed by atoms with Gasteiger partial charge in [-0.2, -0.15) is 0 Å². The second-order valence-electron chi connectivity index (χ2n) is 5.51. The van der Waals surface area contributed by atoms with Crippen LogP contribution in [0.3, 0.4) is 0 Å². The van der Waals surface area contributed by atoms with Crippen molar-refractivity contribution in [1.82, 2.24) is 4.98 Å². The van der Waals surface area contributed by atoms with Crippen LogP contribution in [0.4, 0.5) is 0 Å². The molecule has 0 unspecified atom stereocenters. The molecule has 2 heterocycles. The number of halogens is 1. The molecule has 6 heteroatoms. The van der Waals surface area contributed by atoms with E-state index in [2.05, 4.69) is 4.98 Å². The van der Waals surface area contributed by atoms with Crippen LogP contribution >= 0.6 is 12.4 Å². The van der Waals surface area contributed by atoms with Crippen LogP contribution in [-0.2, 0) is 6.42 Å². The van der Waals surface area contributed by atoms with Gasteiger partial charge in [0.25, 0.3) is 0 Å². The van der Waals surface area contributed by atoms with Crippen LogP contribution in [0, 0.1) is 0 Å². The van der Waals surface area contributed by atoms with E-state index in [-0.39, 0.29) is 19.2 Å². The van der Waals surface area contributed by atoms with Gasteiger partial charge in [0, 0.05) is 23.6 Å². The van der Waals surface area contributed by atoms with E-state index in [0.717, 1.165) is 39.3 Å². The van der Waals surface area contributed by atoms with E-state index in [4.69, 9.17) is 18.9 Å². The van der Waals surface area contributed by atoms with E-state index in [0.29, 0.717) is 12.2 Å². The zero-order valence-electron chi connectivity index (χ0n) is 13.9. The molecule has 0 atom stereocenters. The third-order valence-corrected chi connectivity index (χ3v) is 4.18. The van der Waals surface area contributed by atoms with Crippen molar-refractivity contribution >= 4 is 23.2 Å². The molecule has 0 spiro atoms. The first-order valence-corrected chi connectivity index (χ1v) is 7.67. The first kappa shape index (κ1) is 17.2. The van der Waals surface area contributed by atoms with Crippen molar-refractivity contribution in [1.29, 1.82) is 0 Å². The molecular weight excluding hydrogens is 342 g/mol. The minimum atomic E-state index is 0. The van der Waals surface area contributed by atoms with Crippen molar-refractivity contribution in [2.45, 2.75) is 6.42 Å². The maximum absolute atomic E-state index is 5.53. The van der Waals surface area contributed by atoms with Crippen molar-refractivity contribution in [2.24, 2.45) is 0 Å². The Bertz CT molecular complexity index is 913. The second kappa shape index (κ2) is 7.07. The molecule has 2 aromatic carbocycles. The Morgan fingerprint density at radius 1 is 1.04 bits per heavy atom. The zero-order valence-corrected chi connectivity index (χ0v) is 14.8. The van der Waals surface area contributed by atoms with Crippen LogP contribution in [0.1, 0.15) is 11.3 Å². The number of hydrogen-bond donors (Lipinski definition) is 0. The highest BCUT2D eigenvalue weighted by Crippen LogP contribution is 2.38. The van der Waals surface area contributed by atoms with Crippen molar-refractivity contribution in [3.05, 3.63) is 53.9 Å². The van der Waals surface area contributed by atoms with Crippen molar-refractivity contribution in [3.63, 3.8) is 0 Å². The lowest BCUT2D eigenvalue weighted by Gasteiger charge is -2.13. The highest BCUT2D eigenvalue weighted by molar-refractivity contribution is 5.88. The fourth-order valence-electron chi connectivity index (χ4n) is 3.04. The Labute approximate surface area is 151 Å². The molecule has 0 radical (unpaired) electrons. The predicted molar refractivity (Wildman–Crippen MR) is 97.5 cm³/mol. The Morgan fingerprint density at radius 3 is 2.60 bits per heavy atom. The summed E-state index contributed by atoms with van der Waals surface area (Å²) in [4.78, 5) is 4.57. The third kappa shape index (κ3) is 3.03. The SMILES string of the molecule is COc1cccc(Cc2nccc3cc4c(cc23)OCO4)c1OC.Cl. The summed E-state index contributed by atoms with van der Waals surface area (Å²) in [5.41, 5.74) is 1.98. The molecule has 0 saturated carbocycles. The fraction of sp³-hybridized carbons (Fsp3) is 0.211. The van der Waals surface area contributed by atoms with Crippen LogP contribution in [0.5, 0.6) is 23.0 Å². The van der Waals surface area contributed by atoms with Gasteiger partial charge in [-0.3, -0.25) is 4.98 Å². The maximum atomic E-state index is 5.53. The highest BCUT2D eigenvalue weighted by Gasteiger charge is 2.17. The summed E-state index contributed by atoms with van der Waals surface area (Å²) >= 11 is 0. The average Bonchev–Trinajstić information content (AvgIpc) is 3.07. The first-order chi connectivity index (χ1) is 11.8. The number of methoxy groups -OCH3 is 2. The van der Waals surface area contributed by atoms with E-state index >= 15 is 0 Å². The Hall–Kier alpha value is -2.66. The Kier molecular flexibility index (Phi) is 4.86. The molecule has 130 valence electrons. The largest absolute Gasteiger partial charge is 0.493 e. The molecule has 25 heavy (non-hydrogen) atoms. The number of benzene rings is 2. The number of fused-ring (bicyclic) bond motifs is 2. The van der Waals surface area contributed by atoms with Crippen LogP contribution in [0.15, 0.2) is 42.6 Å². The zero-order chi connectivity index (χ0) is 16.5. The summed E-state index contributed by atoms with van der Waals surface area (Å²) in [6, 6.07) is 11.8. The van der Waals surface area contributed by atoms with E-state index in [1.54, 1.807) is 14.2 Å². The molecule has 0 saturated heterocycles. The lowest BCUT2D eigenvalue weighted by atomic mass is 10.0. The molecule has 0 aliphatic carbocycles. The van der Waals surface area contributed by atoms with Crippen molar-refractivity contribution in [2.75, 3.05) is 21.0 Å².